The lowest BCUT2D eigenvalue weighted by Crippen LogP contribution is -2.02. The van der Waals surface area contributed by atoms with E-state index in [9.17, 15) is 4.79 Å². The molecule has 3 heteroatoms. The van der Waals surface area contributed by atoms with E-state index < -0.39 is 0 Å². The van der Waals surface area contributed by atoms with Gasteiger partial charge in [-0.3, -0.25) is 4.79 Å². The van der Waals surface area contributed by atoms with Gasteiger partial charge in [0.15, 0.2) is 0 Å². The van der Waals surface area contributed by atoms with Gasteiger partial charge in [-0.2, -0.15) is 0 Å². The Bertz CT molecular complexity index is 70.1. The van der Waals surface area contributed by atoms with Gasteiger partial charge in [0.05, 0.1) is 27.2 Å². The minimum absolute atomic E-state index is 0.270. The second-order valence-corrected chi connectivity index (χ2v) is 1.23. The van der Waals surface area contributed by atoms with Gasteiger partial charge in [-0.25, -0.2) is 0 Å². The van der Waals surface area contributed by atoms with Crippen molar-refractivity contribution in [3.63, 3.8) is 0 Å². The fourth-order valence-corrected chi connectivity index (χ4v) is 0.258. The molecule has 0 aromatic heterocycles. The lowest BCUT2D eigenvalue weighted by molar-refractivity contribution is -0.141. The van der Waals surface area contributed by atoms with E-state index in [1.165, 1.54) is 7.11 Å². The highest BCUT2D eigenvalue weighted by molar-refractivity contribution is 5.69. The molecule has 0 atom stereocenters. The van der Waals surface area contributed by atoms with E-state index in [-0.39, 0.29) is 12.4 Å². The summed E-state index contributed by atoms with van der Waals surface area (Å²) in [5.74, 6) is -0.270. The number of hydrogen-bond donors (Lipinski definition) is 0. The predicted molar refractivity (Wildman–Crippen MR) is 27.9 cm³/mol. The van der Waals surface area contributed by atoms with Crippen molar-refractivity contribution in [2.24, 2.45) is 0 Å². The fourth-order valence-electron chi connectivity index (χ4n) is 0.258. The summed E-state index contributed by atoms with van der Waals surface area (Å²) in [6.07, 6.45) is 0.278. The summed E-state index contributed by atoms with van der Waals surface area (Å²) >= 11 is 0. The lowest BCUT2D eigenvalue weighted by atomic mass is 10.5. The molecule has 0 aliphatic rings. The van der Waals surface area contributed by atoms with Crippen LogP contribution in [0, 0.1) is 7.11 Å². The highest BCUT2D eigenvalue weighted by atomic mass is 16.5. The Morgan fingerprint density at radius 1 is 1.75 bits per heavy atom. The molecule has 0 bridgehead atoms. The average Bonchev–Trinajstić information content (AvgIpc) is 1.83. The van der Waals surface area contributed by atoms with E-state index in [1.54, 1.807) is 0 Å². The molecule has 0 saturated carbocycles. The topological polar surface area (TPSA) is 35.5 Å². The predicted octanol–water partition coefficient (Wildman–Crippen LogP) is 0.358. The standard InChI is InChI=1S/C5H9O3/c1-7-4-3-5(6)8-2/h1,3-4H2,2H3. The van der Waals surface area contributed by atoms with Gasteiger partial charge >= 0.3 is 5.97 Å². The minimum atomic E-state index is -0.270. The van der Waals surface area contributed by atoms with Crippen molar-refractivity contribution in [1.82, 2.24) is 0 Å². The molecule has 0 N–H and O–H groups in total. The van der Waals surface area contributed by atoms with Crippen LogP contribution in [0.4, 0.5) is 0 Å². The molecule has 3 nitrogen and oxygen atoms in total. The molecule has 0 heterocycles. The van der Waals surface area contributed by atoms with Crippen molar-refractivity contribution in [2.45, 2.75) is 6.42 Å². The Hall–Kier alpha value is -0.570. The molecule has 1 radical (unpaired) electrons. The zero-order valence-electron chi connectivity index (χ0n) is 4.85. The number of ether oxygens (including phenoxy) is 2. The van der Waals surface area contributed by atoms with Gasteiger partial charge in [0, 0.05) is 0 Å². The van der Waals surface area contributed by atoms with E-state index in [2.05, 4.69) is 16.6 Å². The number of methoxy groups -OCH3 is 1. The van der Waals surface area contributed by atoms with Crippen molar-refractivity contribution in [2.75, 3.05) is 13.7 Å². The second kappa shape index (κ2) is 4.59. The summed E-state index contributed by atoms with van der Waals surface area (Å²) in [5.41, 5.74) is 0. The molecule has 0 unspecified atom stereocenters. The molecule has 0 aromatic carbocycles. The average molecular weight is 117 g/mol. The molecular weight excluding hydrogens is 108 g/mol. The van der Waals surface area contributed by atoms with Gasteiger partial charge in [0.2, 0.25) is 0 Å². The Balaban J connectivity index is 2.99. The van der Waals surface area contributed by atoms with Gasteiger partial charge in [0.1, 0.15) is 0 Å². The zero-order valence-corrected chi connectivity index (χ0v) is 4.85. The Morgan fingerprint density at radius 3 is 2.75 bits per heavy atom. The largest absolute Gasteiger partial charge is 0.469 e. The lowest BCUT2D eigenvalue weighted by Gasteiger charge is -1.94. The zero-order chi connectivity index (χ0) is 6.41. The van der Waals surface area contributed by atoms with Gasteiger partial charge in [-0.15, -0.1) is 0 Å². The SMILES string of the molecule is [CH2]OCCC(=O)OC. The van der Waals surface area contributed by atoms with Crippen molar-refractivity contribution in [1.29, 1.82) is 0 Å². The number of hydrogen-bond acceptors (Lipinski definition) is 3. The van der Waals surface area contributed by atoms with Crippen molar-refractivity contribution in [3.8, 4) is 0 Å². The highest BCUT2D eigenvalue weighted by Gasteiger charge is 1.95. The van der Waals surface area contributed by atoms with E-state index >= 15 is 0 Å². The third kappa shape index (κ3) is 3.61. The van der Waals surface area contributed by atoms with Crippen LogP contribution in [-0.4, -0.2) is 19.7 Å². The fraction of sp³-hybridized carbons (Fsp3) is 0.600. The van der Waals surface area contributed by atoms with Crippen LogP contribution in [0.1, 0.15) is 6.42 Å². The van der Waals surface area contributed by atoms with Crippen LogP contribution in [0.5, 0.6) is 0 Å². The van der Waals surface area contributed by atoms with Crippen LogP contribution in [0.25, 0.3) is 0 Å². The molecule has 0 aromatic rings. The van der Waals surface area contributed by atoms with E-state index in [0.717, 1.165) is 0 Å². The Labute approximate surface area is 48.6 Å². The number of carbonyl (C=O) groups excluding carboxylic acids is 1. The molecule has 0 aliphatic carbocycles. The van der Waals surface area contributed by atoms with Crippen molar-refractivity contribution in [3.05, 3.63) is 7.11 Å². The maximum absolute atomic E-state index is 10.2. The van der Waals surface area contributed by atoms with E-state index in [0.29, 0.717) is 6.61 Å². The summed E-state index contributed by atoms with van der Waals surface area (Å²) in [6, 6.07) is 0. The summed E-state index contributed by atoms with van der Waals surface area (Å²) in [7, 11) is 4.42. The molecule has 0 spiro atoms. The molecule has 0 amide bonds. The quantitative estimate of drug-likeness (QED) is 0.500. The van der Waals surface area contributed by atoms with Crippen LogP contribution < -0.4 is 0 Å². The van der Waals surface area contributed by atoms with Gasteiger partial charge in [-0.1, -0.05) is 0 Å². The van der Waals surface area contributed by atoms with Gasteiger partial charge < -0.3 is 9.47 Å². The monoisotopic (exact) mass is 117 g/mol. The number of carbonyl (C=O) groups is 1. The Morgan fingerprint density at radius 2 is 2.38 bits per heavy atom. The summed E-state index contributed by atoms with van der Waals surface area (Å²) in [4.78, 5) is 10.2. The first-order valence-corrected chi connectivity index (χ1v) is 2.25. The van der Waals surface area contributed by atoms with E-state index in [4.69, 9.17) is 0 Å². The van der Waals surface area contributed by atoms with Crippen LogP contribution in [0.2, 0.25) is 0 Å². The van der Waals surface area contributed by atoms with Gasteiger partial charge in [0.25, 0.3) is 0 Å². The minimum Gasteiger partial charge on any atom is -0.469 e. The van der Waals surface area contributed by atoms with E-state index in [1.807, 2.05) is 0 Å². The number of esters is 1. The number of rotatable bonds is 3. The normalized spacial score (nSPS) is 8.75. The van der Waals surface area contributed by atoms with Crippen molar-refractivity contribution < 1.29 is 14.3 Å². The van der Waals surface area contributed by atoms with Crippen LogP contribution >= 0.6 is 0 Å². The first kappa shape index (κ1) is 7.43. The van der Waals surface area contributed by atoms with Crippen LogP contribution in [0.15, 0.2) is 0 Å². The molecule has 8 heavy (non-hydrogen) atoms. The smallest absolute Gasteiger partial charge is 0.307 e. The maximum atomic E-state index is 10.2. The van der Waals surface area contributed by atoms with Gasteiger partial charge in [-0.05, 0) is 0 Å². The second-order valence-electron chi connectivity index (χ2n) is 1.23. The summed E-state index contributed by atoms with van der Waals surface area (Å²) in [5, 5.41) is 0. The van der Waals surface area contributed by atoms with Crippen LogP contribution in [-0.2, 0) is 14.3 Å². The molecule has 0 fully saturated rings. The molecule has 0 rings (SSSR count). The first-order valence-electron chi connectivity index (χ1n) is 2.25. The third-order valence-electron chi connectivity index (χ3n) is 0.678. The highest BCUT2D eigenvalue weighted by Crippen LogP contribution is 1.82. The summed E-state index contributed by atoms with van der Waals surface area (Å²) < 4.78 is 8.67. The maximum Gasteiger partial charge on any atom is 0.307 e. The van der Waals surface area contributed by atoms with Crippen molar-refractivity contribution >= 4 is 5.97 Å². The Kier molecular flexibility index (Phi) is 4.26. The third-order valence-corrected chi connectivity index (χ3v) is 0.678. The molecule has 47 valence electrons. The molecule has 0 aliphatic heterocycles. The summed E-state index contributed by atoms with van der Waals surface area (Å²) in [6.45, 7) is 0.326. The molecule has 0 saturated heterocycles. The van der Waals surface area contributed by atoms with Crippen LogP contribution in [0.3, 0.4) is 0 Å². The molecular formula is C5H9O3. The first-order chi connectivity index (χ1) is 3.81.